The number of aromatic hydroxyl groups is 1. The van der Waals surface area contributed by atoms with Crippen LogP contribution < -0.4 is 14.4 Å². The van der Waals surface area contributed by atoms with E-state index in [4.69, 9.17) is 9.47 Å². The largest absolute Gasteiger partial charge is 0.508 e. The lowest BCUT2D eigenvalue weighted by molar-refractivity contribution is -0.914. The predicted octanol–water partition coefficient (Wildman–Crippen LogP) is 1.76. The van der Waals surface area contributed by atoms with Crippen LogP contribution in [0.1, 0.15) is 22.7 Å². The Labute approximate surface area is 137 Å². The van der Waals surface area contributed by atoms with E-state index in [2.05, 4.69) is 19.2 Å². The molecule has 1 heterocycles. The molecule has 1 aliphatic heterocycles. The molecule has 4 heteroatoms. The van der Waals surface area contributed by atoms with Gasteiger partial charge in [0.2, 0.25) is 0 Å². The number of likely N-dealkylation sites (N-methyl/N-ethyl adjacent to an activating group) is 1. The molecule has 0 aliphatic carbocycles. The number of hydrogen-bond donors (Lipinski definition) is 2. The molecule has 23 heavy (non-hydrogen) atoms. The van der Waals surface area contributed by atoms with Crippen LogP contribution in [0.3, 0.4) is 0 Å². The van der Waals surface area contributed by atoms with E-state index in [1.165, 1.54) is 21.6 Å². The van der Waals surface area contributed by atoms with Gasteiger partial charge in [-0.15, -0.1) is 0 Å². The number of hydrogen-bond acceptors (Lipinski definition) is 3. The number of fused-ring (bicyclic) bond motifs is 1. The second-order valence-electron chi connectivity index (χ2n) is 6.18. The average molecular weight is 314 g/mol. The number of phenols is 1. The van der Waals surface area contributed by atoms with E-state index < -0.39 is 0 Å². The molecule has 0 radical (unpaired) electrons. The van der Waals surface area contributed by atoms with Gasteiger partial charge in [-0.25, -0.2) is 0 Å². The van der Waals surface area contributed by atoms with Crippen molar-refractivity contribution in [1.29, 1.82) is 0 Å². The lowest BCUT2D eigenvalue weighted by Gasteiger charge is -2.32. The number of ether oxygens (including phenoxy) is 2. The maximum atomic E-state index is 9.46. The van der Waals surface area contributed by atoms with Crippen LogP contribution in [0.2, 0.25) is 0 Å². The first-order valence-electron chi connectivity index (χ1n) is 7.97. The number of benzene rings is 2. The van der Waals surface area contributed by atoms with Gasteiger partial charge in [-0.2, -0.15) is 0 Å². The standard InChI is InChI=1S/C19H23NO3/c1-20-9-8-14-11-18(22-2)19(23-3)12-16(14)17(20)10-13-4-6-15(21)7-5-13/h4-7,11-12,17,21H,8-10H2,1-3H3/p+1/t17-/m1/s1. The monoisotopic (exact) mass is 314 g/mol. The van der Waals surface area contributed by atoms with Crippen LogP contribution in [-0.2, 0) is 12.8 Å². The average Bonchev–Trinajstić information content (AvgIpc) is 2.58. The van der Waals surface area contributed by atoms with E-state index in [-0.39, 0.29) is 0 Å². The normalized spacial score (nSPS) is 20.0. The first kappa shape index (κ1) is 15.7. The Balaban J connectivity index is 1.96. The summed E-state index contributed by atoms with van der Waals surface area (Å²) in [6, 6.07) is 12.1. The summed E-state index contributed by atoms with van der Waals surface area (Å²) in [5.74, 6) is 1.90. The van der Waals surface area contributed by atoms with Gasteiger partial charge < -0.3 is 19.5 Å². The minimum Gasteiger partial charge on any atom is -0.508 e. The van der Waals surface area contributed by atoms with Crippen LogP contribution in [0, 0.1) is 0 Å². The molecule has 2 aromatic carbocycles. The van der Waals surface area contributed by atoms with E-state index in [1.807, 2.05) is 12.1 Å². The van der Waals surface area contributed by atoms with Crippen molar-refractivity contribution in [2.24, 2.45) is 0 Å². The summed E-state index contributed by atoms with van der Waals surface area (Å²) in [5.41, 5.74) is 3.91. The molecule has 0 saturated carbocycles. The molecule has 0 spiro atoms. The fourth-order valence-electron chi connectivity index (χ4n) is 3.40. The molecule has 2 atom stereocenters. The molecule has 122 valence electrons. The van der Waals surface area contributed by atoms with Gasteiger partial charge in [0, 0.05) is 18.4 Å². The zero-order chi connectivity index (χ0) is 16.4. The lowest BCUT2D eigenvalue weighted by Crippen LogP contribution is -3.10. The molecule has 2 aromatic rings. The zero-order valence-electron chi connectivity index (χ0n) is 13.9. The molecule has 1 aliphatic rings. The predicted molar refractivity (Wildman–Crippen MR) is 89.6 cm³/mol. The Morgan fingerprint density at radius 3 is 2.39 bits per heavy atom. The summed E-state index contributed by atoms with van der Waals surface area (Å²) in [6.45, 7) is 1.10. The van der Waals surface area contributed by atoms with E-state index in [0.29, 0.717) is 11.8 Å². The highest BCUT2D eigenvalue weighted by molar-refractivity contribution is 5.49. The molecule has 2 N–H and O–H groups in total. The number of rotatable bonds is 4. The highest BCUT2D eigenvalue weighted by atomic mass is 16.5. The summed E-state index contributed by atoms with van der Waals surface area (Å²) in [4.78, 5) is 1.50. The smallest absolute Gasteiger partial charge is 0.161 e. The maximum absolute atomic E-state index is 9.46. The van der Waals surface area contributed by atoms with Gasteiger partial charge in [0.15, 0.2) is 11.5 Å². The number of quaternary nitrogens is 1. The van der Waals surface area contributed by atoms with Crippen molar-refractivity contribution in [3.8, 4) is 17.2 Å². The molecule has 0 bridgehead atoms. The maximum Gasteiger partial charge on any atom is 0.161 e. The van der Waals surface area contributed by atoms with Gasteiger partial charge in [0.1, 0.15) is 11.8 Å². The van der Waals surface area contributed by atoms with Crippen LogP contribution in [0.25, 0.3) is 0 Å². The molecular formula is C19H24NO3+. The highest BCUT2D eigenvalue weighted by Gasteiger charge is 2.30. The molecular weight excluding hydrogens is 290 g/mol. The molecule has 3 rings (SSSR count). The summed E-state index contributed by atoms with van der Waals surface area (Å²) >= 11 is 0. The first-order chi connectivity index (χ1) is 11.1. The Morgan fingerprint density at radius 1 is 1.09 bits per heavy atom. The summed E-state index contributed by atoms with van der Waals surface area (Å²) < 4.78 is 10.9. The van der Waals surface area contributed by atoms with Crippen molar-refractivity contribution in [2.45, 2.75) is 18.9 Å². The van der Waals surface area contributed by atoms with E-state index >= 15 is 0 Å². The third-order valence-corrected chi connectivity index (χ3v) is 4.78. The Bertz CT molecular complexity index is 682. The van der Waals surface area contributed by atoms with Crippen LogP contribution in [-0.4, -0.2) is 32.9 Å². The second kappa shape index (κ2) is 6.50. The van der Waals surface area contributed by atoms with Crippen LogP contribution in [0.5, 0.6) is 17.2 Å². The van der Waals surface area contributed by atoms with Crippen molar-refractivity contribution in [3.05, 3.63) is 53.1 Å². The Morgan fingerprint density at radius 2 is 1.74 bits per heavy atom. The summed E-state index contributed by atoms with van der Waals surface area (Å²) in [5, 5.41) is 9.46. The minimum absolute atomic E-state index is 0.310. The zero-order valence-corrected chi connectivity index (χ0v) is 13.9. The quantitative estimate of drug-likeness (QED) is 0.904. The molecule has 1 unspecified atom stereocenters. The fourth-order valence-corrected chi connectivity index (χ4v) is 3.40. The van der Waals surface area contributed by atoms with Gasteiger partial charge >= 0.3 is 0 Å². The molecule has 0 aromatic heterocycles. The van der Waals surface area contributed by atoms with Crippen LogP contribution in [0.15, 0.2) is 36.4 Å². The van der Waals surface area contributed by atoms with Crippen molar-refractivity contribution in [3.63, 3.8) is 0 Å². The van der Waals surface area contributed by atoms with Gasteiger partial charge in [-0.1, -0.05) is 12.1 Å². The van der Waals surface area contributed by atoms with Crippen LogP contribution in [0.4, 0.5) is 0 Å². The fraction of sp³-hybridized carbons (Fsp3) is 0.368. The second-order valence-corrected chi connectivity index (χ2v) is 6.18. The molecule has 0 saturated heterocycles. The van der Waals surface area contributed by atoms with Crippen molar-refractivity contribution >= 4 is 0 Å². The molecule has 4 nitrogen and oxygen atoms in total. The van der Waals surface area contributed by atoms with Gasteiger partial charge in [0.25, 0.3) is 0 Å². The molecule has 0 fully saturated rings. The minimum atomic E-state index is 0.310. The Hall–Kier alpha value is -2.20. The van der Waals surface area contributed by atoms with Crippen LogP contribution >= 0.6 is 0 Å². The number of phenolic OH excluding ortho intramolecular Hbond substituents is 1. The van der Waals surface area contributed by atoms with Crippen molar-refractivity contribution in [2.75, 3.05) is 27.8 Å². The summed E-state index contributed by atoms with van der Waals surface area (Å²) in [7, 11) is 5.60. The summed E-state index contributed by atoms with van der Waals surface area (Å²) in [6.07, 6.45) is 1.99. The number of nitrogens with one attached hydrogen (secondary N) is 1. The third-order valence-electron chi connectivity index (χ3n) is 4.78. The lowest BCUT2D eigenvalue weighted by atomic mass is 9.88. The first-order valence-corrected chi connectivity index (χ1v) is 7.97. The van der Waals surface area contributed by atoms with Gasteiger partial charge in [0.05, 0.1) is 27.8 Å². The van der Waals surface area contributed by atoms with E-state index in [1.54, 1.807) is 26.4 Å². The molecule has 0 amide bonds. The third kappa shape index (κ3) is 3.13. The van der Waals surface area contributed by atoms with Gasteiger partial charge in [-0.05, 0) is 35.4 Å². The van der Waals surface area contributed by atoms with Gasteiger partial charge in [-0.3, -0.25) is 0 Å². The van der Waals surface area contributed by atoms with E-state index in [0.717, 1.165) is 30.9 Å². The SMILES string of the molecule is COc1cc2c(cc1OC)[C@@H](Cc1ccc(O)cc1)[NH+](C)CC2. The van der Waals surface area contributed by atoms with Crippen molar-refractivity contribution in [1.82, 2.24) is 0 Å². The van der Waals surface area contributed by atoms with Crippen molar-refractivity contribution < 1.29 is 19.5 Å². The topological polar surface area (TPSA) is 43.1 Å². The number of methoxy groups -OCH3 is 2. The highest BCUT2D eigenvalue weighted by Crippen LogP contribution is 2.35. The Kier molecular flexibility index (Phi) is 4.44. The van der Waals surface area contributed by atoms with E-state index in [9.17, 15) is 5.11 Å².